The molecule has 3 N–H and O–H groups in total. The molecule has 0 spiro atoms. The molecule has 2 unspecified atom stereocenters. The van der Waals surface area contributed by atoms with Crippen LogP contribution in [0.5, 0.6) is 0 Å². The molecule has 2 atom stereocenters. The van der Waals surface area contributed by atoms with Crippen LogP contribution < -0.4 is 58.2 Å². The summed E-state index contributed by atoms with van der Waals surface area (Å²) >= 11 is 0. The third-order valence-corrected chi connectivity index (χ3v) is 1.93. The Labute approximate surface area is 177 Å². The van der Waals surface area contributed by atoms with E-state index in [9.17, 15) is 4.79 Å². The molecule has 0 fully saturated rings. The van der Waals surface area contributed by atoms with E-state index in [0.29, 0.717) is 0 Å². The number of carbonyl (C=O) groups is 1. The predicted octanol–water partition coefficient (Wildman–Crippen LogP) is -1.90. The van der Waals surface area contributed by atoms with Crippen molar-refractivity contribution >= 4 is 5.97 Å². The molecule has 0 bridgehead atoms. The van der Waals surface area contributed by atoms with Gasteiger partial charge in [0.2, 0.25) is 0 Å². The summed E-state index contributed by atoms with van der Waals surface area (Å²) in [6, 6.07) is 8.06. The van der Waals surface area contributed by atoms with E-state index in [-0.39, 0.29) is 106 Å². The smallest absolute Gasteiger partial charge is 0.672 e. The maximum atomic E-state index is 10.4. The van der Waals surface area contributed by atoms with Gasteiger partial charge in [-0.2, -0.15) is 0 Å². The fraction of sp³-hybridized carbons (Fsp3) is 0.300. The summed E-state index contributed by atoms with van der Waals surface area (Å²) in [6.45, 7) is 0. The van der Waals surface area contributed by atoms with E-state index in [1.54, 1.807) is 12.1 Å². The van der Waals surface area contributed by atoms with Crippen LogP contribution in [-0.2, 0) is 11.2 Å². The molecule has 0 saturated carbocycles. The summed E-state index contributed by atoms with van der Waals surface area (Å²) in [5.41, 5.74) is 8.27. The van der Waals surface area contributed by atoms with Gasteiger partial charge < -0.3 is 15.9 Å². The molecule has 0 aliphatic rings. The van der Waals surface area contributed by atoms with Crippen molar-refractivity contribution in [3.05, 3.63) is 41.6 Å². The average Bonchev–Trinajstić information content (AvgIpc) is 2.18. The maximum Gasteiger partial charge on any atom is 1.00 e. The van der Waals surface area contributed by atoms with E-state index < -0.39 is 18.1 Å². The summed E-state index contributed by atoms with van der Waals surface area (Å²) < 4.78 is 0. The Morgan fingerprint density at radius 3 is 2.25 bits per heavy atom. The minimum Gasteiger partial charge on any atom is -0.672 e. The van der Waals surface area contributed by atoms with Crippen molar-refractivity contribution < 1.29 is 114 Å². The molecule has 16 heavy (non-hydrogen) atoms. The number of aliphatic hydroxyl groups is 1. The van der Waals surface area contributed by atoms with Gasteiger partial charge in [0.25, 0.3) is 0 Å². The number of hydrogen-bond acceptors (Lipinski definition) is 2. The Hall–Kier alpha value is 1.78. The van der Waals surface area contributed by atoms with Gasteiger partial charge in [0.15, 0.2) is 0 Å². The number of rotatable bonds is 4. The number of carboxylic acid groups (broad SMARTS) is 1. The van der Waals surface area contributed by atoms with Crippen LogP contribution in [0, 0.1) is 41.3 Å². The molecule has 0 aliphatic carbocycles. The molecular weight excluding hydrogens is 408 g/mol. The van der Waals surface area contributed by atoms with Gasteiger partial charge in [-0.25, -0.2) is 4.79 Å². The van der Waals surface area contributed by atoms with Crippen LogP contribution in [0.3, 0.4) is 0 Å². The molecule has 1 rings (SSSR count). The summed E-state index contributed by atoms with van der Waals surface area (Å²) in [5, 5.41) is 17.5. The molecule has 1 radical (unpaired) electrons. The van der Waals surface area contributed by atoms with Gasteiger partial charge in [0.1, 0.15) is 6.10 Å². The van der Waals surface area contributed by atoms with E-state index in [0.717, 1.165) is 5.56 Å². The number of benzene rings is 1. The Balaban J connectivity index is 0. The fourth-order valence-corrected chi connectivity index (χ4v) is 1.15. The third kappa shape index (κ3) is 7.27. The first-order valence-electron chi connectivity index (χ1n) is 4.27. The van der Waals surface area contributed by atoms with Crippen LogP contribution in [-0.4, -0.2) is 28.3 Å². The normalized spacial score (nSPS) is 12.9. The van der Waals surface area contributed by atoms with Crippen LogP contribution in [0.25, 0.3) is 5.73 Å². The van der Waals surface area contributed by atoms with Gasteiger partial charge in [0, 0.05) is 41.3 Å². The monoisotopic (exact) mass is 420 g/mol. The molecule has 0 aliphatic heterocycles. The molecule has 0 saturated heterocycles. The zero-order valence-corrected chi connectivity index (χ0v) is 17.7. The standard InChI is InChI=1S/C10H12NO3.Pr.Rb/c11-8(9(12)10(13)14)6-7-4-2-1-3-5-7;;/h1-5,8-9,11-12H,6H2,(H,13,14);;/q-1;;+1. The van der Waals surface area contributed by atoms with E-state index >= 15 is 0 Å². The van der Waals surface area contributed by atoms with Crippen molar-refractivity contribution in [2.45, 2.75) is 18.6 Å². The van der Waals surface area contributed by atoms with Crippen molar-refractivity contribution in [3.8, 4) is 0 Å². The molecule has 1 aromatic carbocycles. The zero-order chi connectivity index (χ0) is 10.6. The second kappa shape index (κ2) is 10.7. The molecule has 79 valence electrons. The number of hydrogen-bond donors (Lipinski definition) is 2. The Bertz CT molecular complexity index is 310. The average molecular weight is 421 g/mol. The third-order valence-electron chi connectivity index (χ3n) is 1.93. The van der Waals surface area contributed by atoms with Gasteiger partial charge in [-0.3, -0.25) is 0 Å². The van der Waals surface area contributed by atoms with E-state index in [4.69, 9.17) is 15.9 Å². The SMILES string of the molecule is [NH-]C(Cc1ccccc1)C(O)C(=O)O.[Pr].[Rb+]. The first-order chi connectivity index (χ1) is 6.61. The van der Waals surface area contributed by atoms with Crippen molar-refractivity contribution in [2.75, 3.05) is 0 Å². The summed E-state index contributed by atoms with van der Waals surface area (Å²) in [6.07, 6.45) is -1.37. The van der Waals surface area contributed by atoms with Crippen LogP contribution in [0.4, 0.5) is 0 Å². The molecule has 0 amide bonds. The van der Waals surface area contributed by atoms with Gasteiger partial charge in [-0.1, -0.05) is 36.4 Å². The summed E-state index contributed by atoms with van der Waals surface area (Å²) in [7, 11) is 0. The van der Waals surface area contributed by atoms with Gasteiger partial charge in [0.05, 0.1) is 0 Å². The van der Waals surface area contributed by atoms with Gasteiger partial charge in [-0.15, -0.1) is 0 Å². The number of carboxylic acids is 1. The summed E-state index contributed by atoms with van der Waals surface area (Å²) in [5.74, 6) is -1.35. The minimum atomic E-state index is -1.62. The Kier molecular flexibility index (Phi) is 13.4. The van der Waals surface area contributed by atoms with E-state index in [1.807, 2.05) is 18.2 Å². The largest absolute Gasteiger partial charge is 1.00 e. The molecule has 1 aromatic rings. The quantitative estimate of drug-likeness (QED) is 0.597. The second-order valence-corrected chi connectivity index (χ2v) is 3.08. The molecule has 6 heteroatoms. The first kappa shape index (κ1) is 20.1. The maximum absolute atomic E-state index is 10.4. The number of aliphatic hydroxyl groups excluding tert-OH is 1. The first-order valence-corrected chi connectivity index (χ1v) is 4.27. The second-order valence-electron chi connectivity index (χ2n) is 3.08. The van der Waals surface area contributed by atoms with Crippen molar-refractivity contribution in [3.63, 3.8) is 0 Å². The molecular formula is C10H12NO3PrRb. The zero-order valence-electron chi connectivity index (χ0n) is 9.13. The Morgan fingerprint density at radius 1 is 1.31 bits per heavy atom. The minimum absolute atomic E-state index is 0. The summed E-state index contributed by atoms with van der Waals surface area (Å²) in [4.78, 5) is 10.4. The topological polar surface area (TPSA) is 81.3 Å². The Morgan fingerprint density at radius 2 is 1.81 bits per heavy atom. The van der Waals surface area contributed by atoms with E-state index in [2.05, 4.69) is 0 Å². The molecule has 0 aromatic heterocycles. The van der Waals surface area contributed by atoms with Crippen LogP contribution in [0.2, 0.25) is 0 Å². The van der Waals surface area contributed by atoms with Crippen molar-refractivity contribution in [2.24, 2.45) is 0 Å². The molecule has 4 nitrogen and oxygen atoms in total. The predicted molar refractivity (Wildman–Crippen MR) is 51.9 cm³/mol. The van der Waals surface area contributed by atoms with Crippen LogP contribution in [0.15, 0.2) is 30.3 Å². The van der Waals surface area contributed by atoms with Crippen molar-refractivity contribution in [1.29, 1.82) is 0 Å². The van der Waals surface area contributed by atoms with Gasteiger partial charge >= 0.3 is 64.2 Å². The van der Waals surface area contributed by atoms with Gasteiger partial charge in [-0.05, 0) is 12.0 Å². The van der Waals surface area contributed by atoms with Crippen LogP contribution >= 0.6 is 0 Å². The number of aliphatic carboxylic acids is 1. The molecule has 0 heterocycles. The number of nitrogens with one attached hydrogen (secondary N) is 1. The van der Waals surface area contributed by atoms with E-state index in [1.165, 1.54) is 0 Å². The van der Waals surface area contributed by atoms with Crippen molar-refractivity contribution in [1.82, 2.24) is 0 Å². The fourth-order valence-electron chi connectivity index (χ4n) is 1.15. The van der Waals surface area contributed by atoms with Crippen LogP contribution in [0.1, 0.15) is 5.56 Å².